The summed E-state index contributed by atoms with van der Waals surface area (Å²) in [4.78, 5) is 34.4. The number of benzene rings is 2. The molecule has 0 bridgehead atoms. The van der Waals surface area contributed by atoms with E-state index in [9.17, 15) is 14.4 Å². The van der Waals surface area contributed by atoms with E-state index in [2.05, 4.69) is 5.32 Å². The van der Waals surface area contributed by atoms with Gasteiger partial charge in [0.05, 0.1) is 11.1 Å². The van der Waals surface area contributed by atoms with Gasteiger partial charge in [-0.05, 0) is 43.3 Å². The second kappa shape index (κ2) is 6.00. The van der Waals surface area contributed by atoms with E-state index in [1.807, 2.05) is 0 Å². The zero-order chi connectivity index (χ0) is 15.4. The number of amides is 1. The van der Waals surface area contributed by atoms with Crippen LogP contribution < -0.4 is 5.32 Å². The Morgan fingerprint density at radius 2 is 1.48 bits per heavy atom. The number of carboxylic acids is 1. The first kappa shape index (κ1) is 14.5. The van der Waals surface area contributed by atoms with Gasteiger partial charge >= 0.3 is 5.97 Å². The van der Waals surface area contributed by atoms with Crippen LogP contribution in [0.25, 0.3) is 0 Å². The molecule has 0 unspecified atom stereocenters. The van der Waals surface area contributed by atoms with E-state index in [1.165, 1.54) is 19.1 Å². The summed E-state index contributed by atoms with van der Waals surface area (Å²) in [5.74, 6) is -1.74. The van der Waals surface area contributed by atoms with Gasteiger partial charge in [-0.15, -0.1) is 0 Å². The molecule has 0 spiro atoms. The van der Waals surface area contributed by atoms with Gasteiger partial charge in [0.1, 0.15) is 0 Å². The molecule has 5 nitrogen and oxygen atoms in total. The monoisotopic (exact) mass is 283 g/mol. The highest BCUT2D eigenvalue weighted by Crippen LogP contribution is 2.14. The second-order valence-electron chi connectivity index (χ2n) is 4.44. The first-order valence-electron chi connectivity index (χ1n) is 6.23. The molecule has 0 aliphatic rings. The fourth-order valence-electron chi connectivity index (χ4n) is 1.85. The van der Waals surface area contributed by atoms with Crippen LogP contribution in [-0.2, 0) is 0 Å². The van der Waals surface area contributed by atoms with Gasteiger partial charge in [0.15, 0.2) is 5.78 Å². The maximum atomic E-state index is 12.1. The summed E-state index contributed by atoms with van der Waals surface area (Å²) in [5.41, 5.74) is 1.06. The SMILES string of the molecule is CC(=O)c1ccc(NC(=O)c2ccccc2C(=O)O)cc1. The van der Waals surface area contributed by atoms with Crippen molar-refractivity contribution in [2.75, 3.05) is 5.32 Å². The summed E-state index contributed by atoms with van der Waals surface area (Å²) in [7, 11) is 0. The molecule has 1 amide bonds. The van der Waals surface area contributed by atoms with Crippen LogP contribution in [0.4, 0.5) is 5.69 Å². The van der Waals surface area contributed by atoms with Crippen LogP contribution in [0.2, 0.25) is 0 Å². The van der Waals surface area contributed by atoms with Crippen LogP contribution in [0.3, 0.4) is 0 Å². The lowest BCUT2D eigenvalue weighted by molar-refractivity contribution is 0.0692. The van der Waals surface area contributed by atoms with Crippen molar-refractivity contribution in [2.24, 2.45) is 0 Å². The van der Waals surface area contributed by atoms with Crippen LogP contribution in [-0.4, -0.2) is 22.8 Å². The number of hydrogen-bond donors (Lipinski definition) is 2. The fraction of sp³-hybridized carbons (Fsp3) is 0.0625. The average molecular weight is 283 g/mol. The van der Waals surface area contributed by atoms with Crippen molar-refractivity contribution in [2.45, 2.75) is 6.92 Å². The number of ketones is 1. The zero-order valence-electron chi connectivity index (χ0n) is 11.3. The van der Waals surface area contributed by atoms with E-state index >= 15 is 0 Å². The highest BCUT2D eigenvalue weighted by Gasteiger charge is 2.15. The molecule has 0 saturated carbocycles. The molecule has 2 aromatic rings. The molecule has 0 aliphatic carbocycles. The molecule has 2 N–H and O–H groups in total. The highest BCUT2D eigenvalue weighted by molar-refractivity contribution is 6.10. The summed E-state index contributed by atoms with van der Waals surface area (Å²) >= 11 is 0. The molecule has 2 aromatic carbocycles. The molecule has 0 aromatic heterocycles. The van der Waals surface area contributed by atoms with Crippen molar-refractivity contribution in [1.82, 2.24) is 0 Å². The molecule has 5 heteroatoms. The first-order valence-corrected chi connectivity index (χ1v) is 6.23. The fourth-order valence-corrected chi connectivity index (χ4v) is 1.85. The van der Waals surface area contributed by atoms with Gasteiger partial charge in [0.25, 0.3) is 5.91 Å². The molecule has 0 heterocycles. The smallest absolute Gasteiger partial charge is 0.336 e. The molecule has 0 radical (unpaired) electrons. The Balaban J connectivity index is 2.22. The van der Waals surface area contributed by atoms with Gasteiger partial charge in [-0.1, -0.05) is 12.1 Å². The van der Waals surface area contributed by atoms with Crippen LogP contribution >= 0.6 is 0 Å². The number of carbonyl (C=O) groups is 3. The quantitative estimate of drug-likeness (QED) is 0.845. The first-order chi connectivity index (χ1) is 9.99. The average Bonchev–Trinajstić information content (AvgIpc) is 2.47. The van der Waals surface area contributed by atoms with Crippen LogP contribution in [0.1, 0.15) is 38.0 Å². The van der Waals surface area contributed by atoms with Crippen LogP contribution in [0.5, 0.6) is 0 Å². The summed E-state index contributed by atoms with van der Waals surface area (Å²) in [6, 6.07) is 12.4. The van der Waals surface area contributed by atoms with E-state index in [1.54, 1.807) is 36.4 Å². The number of Topliss-reactive ketones (excluding diaryl/α,β-unsaturated/α-hetero) is 1. The Morgan fingerprint density at radius 3 is 2.00 bits per heavy atom. The van der Waals surface area contributed by atoms with E-state index < -0.39 is 11.9 Å². The minimum atomic E-state index is -1.16. The van der Waals surface area contributed by atoms with Gasteiger partial charge in [0, 0.05) is 11.3 Å². The maximum Gasteiger partial charge on any atom is 0.336 e. The van der Waals surface area contributed by atoms with Gasteiger partial charge in [-0.25, -0.2) is 4.79 Å². The number of carboxylic acid groups (broad SMARTS) is 1. The van der Waals surface area contributed by atoms with Crippen molar-refractivity contribution < 1.29 is 19.5 Å². The normalized spacial score (nSPS) is 9.95. The Morgan fingerprint density at radius 1 is 0.905 bits per heavy atom. The Hall–Kier alpha value is -2.95. The Labute approximate surface area is 121 Å². The van der Waals surface area contributed by atoms with Crippen molar-refractivity contribution in [3.05, 3.63) is 65.2 Å². The van der Waals surface area contributed by atoms with Gasteiger partial charge < -0.3 is 10.4 Å². The van der Waals surface area contributed by atoms with Crippen LogP contribution in [0, 0.1) is 0 Å². The lowest BCUT2D eigenvalue weighted by Crippen LogP contribution is -2.16. The summed E-state index contributed by atoms with van der Waals surface area (Å²) in [6.07, 6.45) is 0. The lowest BCUT2D eigenvalue weighted by atomic mass is 10.1. The van der Waals surface area contributed by atoms with Gasteiger partial charge in [-0.3, -0.25) is 9.59 Å². The maximum absolute atomic E-state index is 12.1. The number of anilines is 1. The molecule has 0 aliphatic heterocycles. The molecule has 0 fully saturated rings. The number of carbonyl (C=O) groups excluding carboxylic acids is 2. The topological polar surface area (TPSA) is 83.5 Å². The molecule has 21 heavy (non-hydrogen) atoms. The number of nitrogens with one attached hydrogen (secondary N) is 1. The third-order valence-electron chi connectivity index (χ3n) is 2.95. The van der Waals surface area contributed by atoms with E-state index in [4.69, 9.17) is 5.11 Å². The summed E-state index contributed by atoms with van der Waals surface area (Å²) < 4.78 is 0. The van der Waals surface area contributed by atoms with Crippen molar-refractivity contribution >= 4 is 23.3 Å². The molecular formula is C16H13NO4. The standard InChI is InChI=1S/C16H13NO4/c1-10(18)11-6-8-12(9-7-11)17-15(19)13-4-2-3-5-14(13)16(20)21/h2-9H,1H3,(H,17,19)(H,20,21). The Kier molecular flexibility index (Phi) is 4.13. The minimum absolute atomic E-state index is 0.0599. The van der Waals surface area contributed by atoms with Gasteiger partial charge in [-0.2, -0.15) is 0 Å². The molecule has 0 saturated heterocycles. The minimum Gasteiger partial charge on any atom is -0.478 e. The molecule has 106 valence electrons. The van der Waals surface area contributed by atoms with E-state index in [0.717, 1.165) is 0 Å². The van der Waals surface area contributed by atoms with E-state index in [0.29, 0.717) is 11.3 Å². The predicted molar refractivity (Wildman–Crippen MR) is 77.8 cm³/mol. The van der Waals surface area contributed by atoms with Gasteiger partial charge in [0.2, 0.25) is 0 Å². The van der Waals surface area contributed by atoms with Crippen molar-refractivity contribution in [3.8, 4) is 0 Å². The predicted octanol–water partition coefficient (Wildman–Crippen LogP) is 2.84. The molecule has 0 atom stereocenters. The number of aromatic carboxylic acids is 1. The van der Waals surface area contributed by atoms with Crippen LogP contribution in [0.15, 0.2) is 48.5 Å². The lowest BCUT2D eigenvalue weighted by Gasteiger charge is -2.08. The number of hydrogen-bond acceptors (Lipinski definition) is 3. The second-order valence-corrected chi connectivity index (χ2v) is 4.44. The molecule has 2 rings (SSSR count). The van der Waals surface area contributed by atoms with Crippen molar-refractivity contribution in [3.63, 3.8) is 0 Å². The third kappa shape index (κ3) is 3.33. The highest BCUT2D eigenvalue weighted by atomic mass is 16.4. The zero-order valence-corrected chi connectivity index (χ0v) is 11.3. The van der Waals surface area contributed by atoms with Crippen molar-refractivity contribution in [1.29, 1.82) is 0 Å². The molecular weight excluding hydrogens is 270 g/mol. The number of rotatable bonds is 4. The summed E-state index contributed by atoms with van der Waals surface area (Å²) in [6.45, 7) is 1.46. The largest absolute Gasteiger partial charge is 0.478 e. The van der Waals surface area contributed by atoms with E-state index in [-0.39, 0.29) is 16.9 Å². The summed E-state index contributed by atoms with van der Waals surface area (Å²) in [5, 5.41) is 11.7. The Bertz CT molecular complexity index is 704. The third-order valence-corrected chi connectivity index (χ3v) is 2.95.